The summed E-state index contributed by atoms with van der Waals surface area (Å²) in [4.78, 5) is 16.1. The fourth-order valence-electron chi connectivity index (χ4n) is 5.42. The monoisotopic (exact) mass is 471 g/mol. The van der Waals surface area contributed by atoms with Crippen LogP contribution in [0.2, 0.25) is 0 Å². The molecule has 2 aliphatic rings. The van der Waals surface area contributed by atoms with Crippen molar-refractivity contribution in [1.29, 1.82) is 0 Å². The number of benzene rings is 3. The van der Waals surface area contributed by atoms with Gasteiger partial charge >= 0.3 is 0 Å². The van der Waals surface area contributed by atoms with Crippen molar-refractivity contribution < 1.29 is 19.0 Å². The number of piperidine rings is 1. The number of carbonyl (C=O) groups is 1. The quantitative estimate of drug-likeness (QED) is 0.423. The Morgan fingerprint density at radius 3 is 2.00 bits per heavy atom. The van der Waals surface area contributed by atoms with Gasteiger partial charge in [0.1, 0.15) is 23.9 Å². The Kier molecular flexibility index (Phi) is 7.05. The zero-order chi connectivity index (χ0) is 24.2. The third-order valence-corrected chi connectivity index (χ3v) is 7.31. The highest BCUT2D eigenvalue weighted by atomic mass is 16.5. The molecule has 3 aromatic carbocycles. The third kappa shape index (κ3) is 4.92. The van der Waals surface area contributed by atoms with E-state index in [4.69, 9.17) is 14.2 Å². The fourth-order valence-corrected chi connectivity index (χ4v) is 5.42. The predicted molar refractivity (Wildman–Crippen MR) is 137 cm³/mol. The van der Waals surface area contributed by atoms with E-state index in [1.807, 2.05) is 54.6 Å². The van der Waals surface area contributed by atoms with Gasteiger partial charge in [-0.2, -0.15) is 0 Å². The van der Waals surface area contributed by atoms with Gasteiger partial charge in [0.15, 0.2) is 5.78 Å². The van der Waals surface area contributed by atoms with E-state index in [1.165, 1.54) is 32.4 Å². The Balaban J connectivity index is 1.40. The molecule has 0 N–H and O–H groups in total. The number of ketones is 1. The molecule has 0 aromatic heterocycles. The van der Waals surface area contributed by atoms with Gasteiger partial charge in [-0.25, -0.2) is 0 Å². The lowest BCUT2D eigenvalue weighted by molar-refractivity contribution is 0.0968. The van der Waals surface area contributed by atoms with E-state index in [9.17, 15) is 4.79 Å². The summed E-state index contributed by atoms with van der Waals surface area (Å²) < 4.78 is 16.9. The number of likely N-dealkylation sites (tertiary alicyclic amines) is 1. The van der Waals surface area contributed by atoms with Crippen molar-refractivity contribution >= 4 is 5.78 Å². The molecule has 5 heteroatoms. The molecule has 0 spiro atoms. The van der Waals surface area contributed by atoms with Crippen LogP contribution in [0.5, 0.6) is 17.2 Å². The number of fused-ring (bicyclic) bond motifs is 1. The van der Waals surface area contributed by atoms with E-state index in [1.54, 1.807) is 14.2 Å². The first-order valence-corrected chi connectivity index (χ1v) is 12.5. The number of ether oxygens (including phenoxy) is 3. The second-order valence-corrected chi connectivity index (χ2v) is 9.37. The molecular weight excluding hydrogens is 438 g/mol. The van der Waals surface area contributed by atoms with Crippen molar-refractivity contribution in [3.05, 3.63) is 89.0 Å². The van der Waals surface area contributed by atoms with Crippen LogP contribution < -0.4 is 14.2 Å². The summed E-state index contributed by atoms with van der Waals surface area (Å²) in [5.41, 5.74) is 3.85. The summed E-state index contributed by atoms with van der Waals surface area (Å²) in [5.74, 6) is 2.15. The number of hydrogen-bond donors (Lipinski definition) is 0. The van der Waals surface area contributed by atoms with E-state index in [0.717, 1.165) is 46.0 Å². The Morgan fingerprint density at radius 1 is 0.743 bits per heavy atom. The maximum absolute atomic E-state index is 13.6. The van der Waals surface area contributed by atoms with Crippen molar-refractivity contribution in [3.8, 4) is 17.2 Å². The van der Waals surface area contributed by atoms with Gasteiger partial charge in [0.2, 0.25) is 0 Å². The van der Waals surface area contributed by atoms with Crippen molar-refractivity contribution in [3.63, 3.8) is 0 Å². The topological polar surface area (TPSA) is 48.0 Å². The van der Waals surface area contributed by atoms with Gasteiger partial charge in [-0.15, -0.1) is 0 Å². The molecule has 1 fully saturated rings. The predicted octanol–water partition coefficient (Wildman–Crippen LogP) is 5.68. The zero-order valence-corrected chi connectivity index (χ0v) is 20.5. The lowest BCUT2D eigenvalue weighted by Crippen LogP contribution is -2.33. The van der Waals surface area contributed by atoms with Gasteiger partial charge in [-0.05, 0) is 85.1 Å². The Labute approximate surface area is 207 Å². The second-order valence-electron chi connectivity index (χ2n) is 9.37. The van der Waals surface area contributed by atoms with Crippen molar-refractivity contribution in [1.82, 2.24) is 4.90 Å². The van der Waals surface area contributed by atoms with Gasteiger partial charge in [-0.1, -0.05) is 30.7 Å². The fraction of sp³-hybridized carbons (Fsp3) is 0.367. The SMILES string of the molecule is COc1ccc(C2C(=O)c3ccc(OC)cc3C2c2ccc(OCCN3CCCCC3)cc2)cc1. The maximum atomic E-state index is 13.6. The molecule has 0 amide bonds. The van der Waals surface area contributed by atoms with Crippen LogP contribution in [0.1, 0.15) is 58.1 Å². The van der Waals surface area contributed by atoms with Gasteiger partial charge in [0.25, 0.3) is 0 Å². The first-order valence-electron chi connectivity index (χ1n) is 12.5. The number of rotatable bonds is 8. The highest BCUT2D eigenvalue weighted by Gasteiger charge is 2.41. The highest BCUT2D eigenvalue weighted by molar-refractivity contribution is 6.07. The van der Waals surface area contributed by atoms with Crippen molar-refractivity contribution in [2.75, 3.05) is 40.5 Å². The minimum absolute atomic E-state index is 0.0941. The second kappa shape index (κ2) is 10.5. The molecule has 2 unspecified atom stereocenters. The van der Waals surface area contributed by atoms with Crippen molar-refractivity contribution in [2.45, 2.75) is 31.1 Å². The minimum atomic E-state index is -0.297. The molecule has 1 saturated heterocycles. The molecule has 1 aliphatic heterocycles. The van der Waals surface area contributed by atoms with Crippen LogP contribution in [0, 0.1) is 0 Å². The van der Waals surface area contributed by atoms with Gasteiger partial charge in [0, 0.05) is 18.0 Å². The van der Waals surface area contributed by atoms with Crippen LogP contribution in [0.15, 0.2) is 66.7 Å². The summed E-state index contributed by atoms with van der Waals surface area (Å²) in [7, 11) is 3.31. The van der Waals surface area contributed by atoms with E-state index < -0.39 is 0 Å². The maximum Gasteiger partial charge on any atom is 0.171 e. The lowest BCUT2D eigenvalue weighted by Gasteiger charge is -2.26. The highest BCUT2D eigenvalue weighted by Crippen LogP contribution is 2.49. The normalized spacial score (nSPS) is 19.9. The molecule has 0 bridgehead atoms. The van der Waals surface area contributed by atoms with Gasteiger partial charge < -0.3 is 14.2 Å². The average molecular weight is 472 g/mol. The molecule has 0 radical (unpaired) electrons. The third-order valence-electron chi connectivity index (χ3n) is 7.31. The van der Waals surface area contributed by atoms with Crippen LogP contribution >= 0.6 is 0 Å². The molecular formula is C30H33NO4. The van der Waals surface area contributed by atoms with Gasteiger partial charge in [-0.3, -0.25) is 9.69 Å². The molecule has 5 rings (SSSR count). The molecule has 2 atom stereocenters. The summed E-state index contributed by atoms with van der Waals surface area (Å²) in [6, 6.07) is 21.8. The van der Waals surface area contributed by atoms with Crippen LogP contribution in [0.25, 0.3) is 0 Å². The number of carbonyl (C=O) groups excluding carboxylic acids is 1. The molecule has 3 aromatic rings. The van der Waals surface area contributed by atoms with Gasteiger partial charge in [0.05, 0.1) is 20.1 Å². The van der Waals surface area contributed by atoms with Crippen LogP contribution in [-0.4, -0.2) is 51.1 Å². The Morgan fingerprint density at radius 2 is 1.34 bits per heavy atom. The number of hydrogen-bond acceptors (Lipinski definition) is 5. The molecule has 0 saturated carbocycles. The van der Waals surface area contributed by atoms with E-state index >= 15 is 0 Å². The molecule has 182 valence electrons. The zero-order valence-electron chi connectivity index (χ0n) is 20.5. The number of methoxy groups -OCH3 is 2. The molecule has 1 aliphatic carbocycles. The summed E-state index contributed by atoms with van der Waals surface area (Å²) in [6.45, 7) is 4.00. The summed E-state index contributed by atoms with van der Waals surface area (Å²) >= 11 is 0. The standard InChI is InChI=1S/C30H33NO4/c1-33-23-10-6-22(7-11-23)29-28(27-20-25(34-2)14-15-26(27)30(29)32)21-8-12-24(13-9-21)35-19-18-31-16-4-3-5-17-31/h6-15,20,28-29H,3-5,16-19H2,1-2H3. The largest absolute Gasteiger partial charge is 0.497 e. The molecule has 5 nitrogen and oxygen atoms in total. The smallest absolute Gasteiger partial charge is 0.171 e. The summed E-state index contributed by atoms with van der Waals surface area (Å²) in [6.07, 6.45) is 3.92. The van der Waals surface area contributed by atoms with Crippen LogP contribution in [-0.2, 0) is 0 Å². The average Bonchev–Trinajstić information content (AvgIpc) is 3.21. The first-order chi connectivity index (χ1) is 17.2. The molecule has 35 heavy (non-hydrogen) atoms. The van der Waals surface area contributed by atoms with Crippen molar-refractivity contribution in [2.24, 2.45) is 0 Å². The summed E-state index contributed by atoms with van der Waals surface area (Å²) in [5, 5.41) is 0. The van der Waals surface area contributed by atoms with E-state index in [0.29, 0.717) is 6.61 Å². The first kappa shape index (κ1) is 23.4. The number of Topliss-reactive ketones (excluding diaryl/α,β-unsaturated/α-hetero) is 1. The van der Waals surface area contributed by atoms with E-state index in [2.05, 4.69) is 17.0 Å². The lowest BCUT2D eigenvalue weighted by atomic mass is 9.81. The molecule has 1 heterocycles. The minimum Gasteiger partial charge on any atom is -0.497 e. The van der Waals surface area contributed by atoms with Crippen LogP contribution in [0.4, 0.5) is 0 Å². The Bertz CT molecular complexity index is 1150. The van der Waals surface area contributed by atoms with E-state index in [-0.39, 0.29) is 17.6 Å². The Hall–Kier alpha value is -3.31. The van der Waals surface area contributed by atoms with Crippen LogP contribution in [0.3, 0.4) is 0 Å². The number of nitrogens with zero attached hydrogens (tertiary/aromatic N) is 1.